The monoisotopic (exact) mass is 477 g/mol. The molecule has 0 bridgehead atoms. The van der Waals surface area contributed by atoms with Gasteiger partial charge in [0.25, 0.3) is 0 Å². The Morgan fingerprint density at radius 2 is 1.82 bits per heavy atom. The van der Waals surface area contributed by atoms with Gasteiger partial charge in [0.05, 0.1) is 21.5 Å². The molecule has 0 unspecified atom stereocenters. The summed E-state index contributed by atoms with van der Waals surface area (Å²) in [7, 11) is -4.43. The van der Waals surface area contributed by atoms with Gasteiger partial charge in [0.1, 0.15) is 23.1 Å². The smallest absolute Gasteiger partial charge is 0.321 e. The largest absolute Gasteiger partial charge is 0.407 e. The molecule has 1 aromatic carbocycles. The molecule has 1 aliphatic rings. The van der Waals surface area contributed by atoms with E-state index in [0.717, 1.165) is 33.1 Å². The lowest BCUT2D eigenvalue weighted by molar-refractivity contribution is -0.180. The molecule has 7 nitrogen and oxygen atoms in total. The maximum absolute atomic E-state index is 13.2. The second-order valence-corrected chi connectivity index (χ2v) is 10.4. The van der Waals surface area contributed by atoms with Crippen LogP contribution in [0.25, 0.3) is 22.3 Å². The highest BCUT2D eigenvalue weighted by atomic mass is 32.2. The van der Waals surface area contributed by atoms with Crippen molar-refractivity contribution >= 4 is 21.1 Å². The fourth-order valence-electron chi connectivity index (χ4n) is 3.81. The first kappa shape index (κ1) is 23.2. The Morgan fingerprint density at radius 3 is 2.33 bits per heavy atom. The number of sulfonamides is 1. The molecule has 1 aliphatic carbocycles. The minimum Gasteiger partial charge on any atom is -0.321 e. The Bertz CT molecular complexity index is 1370. The van der Waals surface area contributed by atoms with E-state index in [9.17, 15) is 26.9 Å². The third-order valence-electron chi connectivity index (χ3n) is 5.95. The molecule has 0 atom stereocenters. The van der Waals surface area contributed by atoms with Crippen molar-refractivity contribution in [3.05, 3.63) is 41.9 Å². The Hall–Kier alpha value is -2.97. The van der Waals surface area contributed by atoms with E-state index in [0.29, 0.717) is 33.7 Å². The van der Waals surface area contributed by atoms with Crippen molar-refractivity contribution in [1.29, 1.82) is 5.26 Å². The number of nitrogens with zero attached hydrogens (tertiary/aromatic N) is 4. The second-order valence-electron chi connectivity index (χ2n) is 8.70. The second kappa shape index (κ2) is 7.81. The summed E-state index contributed by atoms with van der Waals surface area (Å²) in [5.41, 5.74) is -0.438. The van der Waals surface area contributed by atoms with Crippen LogP contribution in [0.4, 0.5) is 13.2 Å². The van der Waals surface area contributed by atoms with E-state index >= 15 is 0 Å². The van der Waals surface area contributed by atoms with E-state index in [4.69, 9.17) is 0 Å². The van der Waals surface area contributed by atoms with Gasteiger partial charge in [-0.3, -0.25) is 0 Å². The van der Waals surface area contributed by atoms with Gasteiger partial charge in [0, 0.05) is 12.2 Å². The van der Waals surface area contributed by atoms with Gasteiger partial charge in [-0.2, -0.15) is 23.2 Å². The molecule has 1 N–H and O–H groups in total. The lowest BCUT2D eigenvalue weighted by Gasteiger charge is -2.30. The molecule has 0 radical (unpaired) electrons. The summed E-state index contributed by atoms with van der Waals surface area (Å²) in [6, 6.07) is 7.85. The van der Waals surface area contributed by atoms with Gasteiger partial charge < -0.3 is 4.57 Å². The van der Waals surface area contributed by atoms with Crippen molar-refractivity contribution in [2.24, 2.45) is 0 Å². The minimum absolute atomic E-state index is 0.150. The summed E-state index contributed by atoms with van der Waals surface area (Å²) >= 11 is 0. The van der Waals surface area contributed by atoms with Gasteiger partial charge in [0.2, 0.25) is 10.0 Å². The molecule has 0 spiro atoms. The van der Waals surface area contributed by atoms with Crippen molar-refractivity contribution < 1.29 is 21.6 Å². The zero-order valence-corrected chi connectivity index (χ0v) is 19.0. The van der Waals surface area contributed by atoms with E-state index < -0.39 is 21.7 Å². The summed E-state index contributed by atoms with van der Waals surface area (Å²) in [6.45, 7) is 3.29. The van der Waals surface area contributed by atoms with Crippen LogP contribution in [-0.4, -0.2) is 34.7 Å². The quantitative estimate of drug-likeness (QED) is 0.578. The highest BCUT2D eigenvalue weighted by Gasteiger charge is 2.49. The number of nitrogens with one attached hydrogen (secondary N) is 1. The van der Waals surface area contributed by atoms with Crippen molar-refractivity contribution in [3.8, 4) is 17.3 Å². The van der Waals surface area contributed by atoms with Crippen molar-refractivity contribution in [2.45, 2.75) is 62.7 Å². The number of hydrogen-bond donors (Lipinski definition) is 1. The Labute approximate surface area is 189 Å². The van der Waals surface area contributed by atoms with Gasteiger partial charge in [-0.1, -0.05) is 12.1 Å². The highest BCUT2D eigenvalue weighted by Crippen LogP contribution is 2.42. The van der Waals surface area contributed by atoms with Gasteiger partial charge in [0.15, 0.2) is 0 Å². The van der Waals surface area contributed by atoms with Crippen molar-refractivity contribution in [3.63, 3.8) is 0 Å². The number of rotatable bonds is 5. The lowest BCUT2D eigenvalue weighted by Crippen LogP contribution is -2.54. The van der Waals surface area contributed by atoms with Crippen LogP contribution in [0.3, 0.4) is 0 Å². The number of halogens is 3. The Morgan fingerprint density at radius 1 is 1.18 bits per heavy atom. The molecule has 2 aromatic heterocycles. The van der Waals surface area contributed by atoms with Crippen LogP contribution in [0.5, 0.6) is 0 Å². The number of nitriles is 1. The number of aromatic nitrogens is 3. The zero-order chi connectivity index (χ0) is 24.2. The predicted octanol–water partition coefficient (Wildman–Crippen LogP) is 4.62. The number of aryl methyl sites for hydroxylation is 1. The van der Waals surface area contributed by atoms with Gasteiger partial charge in [-0.05, 0) is 57.7 Å². The Balaban J connectivity index is 1.80. The van der Waals surface area contributed by atoms with Gasteiger partial charge >= 0.3 is 6.18 Å². The molecule has 174 valence electrons. The van der Waals surface area contributed by atoms with Gasteiger partial charge in [-0.25, -0.2) is 18.4 Å². The van der Waals surface area contributed by atoms with E-state index in [-0.39, 0.29) is 10.9 Å². The Kier molecular flexibility index (Phi) is 5.49. The van der Waals surface area contributed by atoms with Crippen LogP contribution in [-0.2, 0) is 10.0 Å². The van der Waals surface area contributed by atoms with Crippen molar-refractivity contribution in [1.82, 2.24) is 19.3 Å². The van der Waals surface area contributed by atoms with E-state index in [1.54, 1.807) is 17.8 Å². The molecule has 2 heterocycles. The van der Waals surface area contributed by atoms with Crippen molar-refractivity contribution in [2.75, 3.05) is 0 Å². The number of alkyl halides is 3. The molecule has 0 amide bonds. The third-order valence-corrected chi connectivity index (χ3v) is 7.62. The van der Waals surface area contributed by atoms with Crippen LogP contribution in [0.15, 0.2) is 35.4 Å². The maximum Gasteiger partial charge on any atom is 0.407 e. The maximum atomic E-state index is 13.2. The SMILES string of the molecule is Cc1ncc2c(C#N)c(-c3ccc(S(=O)(=O)NC(C)(C)C(F)(F)F)cc3)n(C3CCC3)c2n1. The summed E-state index contributed by atoms with van der Waals surface area (Å²) < 4.78 is 68.4. The van der Waals surface area contributed by atoms with E-state index in [1.165, 1.54) is 24.3 Å². The average molecular weight is 478 g/mol. The topological polar surface area (TPSA) is 101 Å². The normalized spacial score (nSPS) is 15.4. The van der Waals surface area contributed by atoms with E-state index in [2.05, 4.69) is 16.0 Å². The standard InChI is InChI=1S/C22H22F3N5O2S/c1-13-27-12-18-17(11-26)19(30(20(18)28-13)15-5-4-6-15)14-7-9-16(10-8-14)33(31,32)29-21(2,3)22(23,24)25/h7-10,12,15,29H,4-6H2,1-3H3. The first-order valence-corrected chi connectivity index (χ1v) is 11.8. The van der Waals surface area contributed by atoms with Crippen LogP contribution >= 0.6 is 0 Å². The molecule has 11 heteroatoms. The molecule has 1 fully saturated rings. The molecule has 0 saturated heterocycles. The third kappa shape index (κ3) is 3.98. The molecule has 4 rings (SSSR count). The van der Waals surface area contributed by atoms with Gasteiger partial charge in [-0.15, -0.1) is 0 Å². The molecule has 1 saturated carbocycles. The van der Waals surface area contributed by atoms with Crippen LogP contribution in [0.1, 0.15) is 50.5 Å². The minimum atomic E-state index is -4.76. The molecular weight excluding hydrogens is 455 g/mol. The predicted molar refractivity (Wildman–Crippen MR) is 116 cm³/mol. The lowest BCUT2D eigenvalue weighted by atomic mass is 9.92. The average Bonchev–Trinajstić information content (AvgIpc) is 2.98. The fraction of sp³-hybridized carbons (Fsp3) is 0.409. The van der Waals surface area contributed by atoms with Crippen LogP contribution < -0.4 is 4.72 Å². The summed E-state index contributed by atoms with van der Waals surface area (Å²) in [5.74, 6) is 0.566. The summed E-state index contributed by atoms with van der Waals surface area (Å²) in [4.78, 5) is 8.45. The van der Waals surface area contributed by atoms with Crippen LogP contribution in [0, 0.1) is 18.3 Å². The zero-order valence-electron chi connectivity index (χ0n) is 18.2. The first-order valence-electron chi connectivity index (χ1n) is 10.3. The number of benzene rings is 1. The number of fused-ring (bicyclic) bond motifs is 1. The van der Waals surface area contributed by atoms with Crippen LogP contribution in [0.2, 0.25) is 0 Å². The highest BCUT2D eigenvalue weighted by molar-refractivity contribution is 7.89. The summed E-state index contributed by atoms with van der Waals surface area (Å²) in [5, 5.41) is 10.5. The van der Waals surface area contributed by atoms with E-state index in [1.807, 2.05) is 4.57 Å². The molecule has 0 aliphatic heterocycles. The molecule has 3 aromatic rings. The molecular formula is C22H22F3N5O2S. The summed E-state index contributed by atoms with van der Waals surface area (Å²) in [6.07, 6.45) is -0.254. The number of hydrogen-bond acceptors (Lipinski definition) is 5. The first-order chi connectivity index (χ1) is 15.4. The molecule has 33 heavy (non-hydrogen) atoms. The fourth-order valence-corrected chi connectivity index (χ4v) is 5.21.